The smallest absolute Gasteiger partial charge is 0.187 e. The van der Waals surface area contributed by atoms with Crippen LogP contribution in [0.5, 0.6) is 0 Å². The molecule has 1 aliphatic heterocycles. The van der Waals surface area contributed by atoms with Gasteiger partial charge in [0, 0.05) is 23.3 Å². The van der Waals surface area contributed by atoms with Gasteiger partial charge in [-0.3, -0.25) is 0 Å². The first-order valence-corrected chi connectivity index (χ1v) is 6.25. The third-order valence-corrected chi connectivity index (χ3v) is 3.57. The van der Waals surface area contributed by atoms with E-state index >= 15 is 0 Å². The molecule has 0 fully saturated rings. The molecule has 4 heteroatoms. The van der Waals surface area contributed by atoms with Crippen LogP contribution in [0.3, 0.4) is 0 Å². The molecule has 0 unspecified atom stereocenters. The Morgan fingerprint density at radius 2 is 2.38 bits per heavy atom. The number of fused-ring (bicyclic) bond motifs is 1. The monoisotopic (exact) mass is 231 g/mol. The molecule has 0 radical (unpaired) electrons. The van der Waals surface area contributed by atoms with Gasteiger partial charge in [0.25, 0.3) is 0 Å². The van der Waals surface area contributed by atoms with Crippen molar-refractivity contribution in [1.29, 1.82) is 0 Å². The number of benzene rings is 1. The second-order valence-corrected chi connectivity index (χ2v) is 4.83. The fourth-order valence-corrected chi connectivity index (χ4v) is 2.61. The minimum absolute atomic E-state index is 0.954. The molecule has 0 amide bonds. The number of nitrogens with zero attached hydrogens (tertiary/aromatic N) is 1. The second kappa shape index (κ2) is 3.79. The van der Waals surface area contributed by atoms with Crippen molar-refractivity contribution in [2.45, 2.75) is 13.3 Å². The van der Waals surface area contributed by atoms with Crippen molar-refractivity contribution in [2.75, 3.05) is 17.2 Å². The predicted molar refractivity (Wildman–Crippen MR) is 68.8 cm³/mol. The molecular formula is C12H13N3S. The van der Waals surface area contributed by atoms with E-state index in [0.29, 0.717) is 0 Å². The molecule has 0 saturated heterocycles. The Hall–Kier alpha value is -1.55. The van der Waals surface area contributed by atoms with E-state index in [9.17, 15) is 0 Å². The van der Waals surface area contributed by atoms with Gasteiger partial charge in [0.05, 0.1) is 5.69 Å². The normalized spacial score (nSPS) is 13.3. The van der Waals surface area contributed by atoms with E-state index in [0.717, 1.165) is 29.5 Å². The number of nitrogens with one attached hydrogen (secondary N) is 2. The van der Waals surface area contributed by atoms with E-state index in [2.05, 4.69) is 33.8 Å². The first kappa shape index (κ1) is 9.66. The quantitative estimate of drug-likeness (QED) is 0.833. The van der Waals surface area contributed by atoms with Crippen LogP contribution in [0, 0.1) is 6.92 Å². The minimum Gasteiger partial charge on any atom is -0.384 e. The van der Waals surface area contributed by atoms with E-state index in [4.69, 9.17) is 0 Å². The maximum atomic E-state index is 4.39. The van der Waals surface area contributed by atoms with E-state index in [1.54, 1.807) is 11.3 Å². The van der Waals surface area contributed by atoms with Gasteiger partial charge in [-0.05, 0) is 31.0 Å². The molecule has 1 aromatic heterocycles. The van der Waals surface area contributed by atoms with Crippen LogP contribution in [0.4, 0.5) is 16.5 Å². The molecule has 2 aromatic rings. The van der Waals surface area contributed by atoms with E-state index in [1.807, 2.05) is 12.3 Å². The van der Waals surface area contributed by atoms with Gasteiger partial charge < -0.3 is 10.6 Å². The zero-order valence-electron chi connectivity index (χ0n) is 9.08. The van der Waals surface area contributed by atoms with E-state index in [-0.39, 0.29) is 0 Å². The summed E-state index contributed by atoms with van der Waals surface area (Å²) in [5.74, 6) is 0. The standard InChI is InChI=1S/C12H13N3S/c1-8-7-16-12(14-8)15-10-3-2-9-4-5-13-11(9)6-10/h2-3,6-7,13H,4-5H2,1H3,(H,14,15). The number of aromatic nitrogens is 1. The van der Waals surface area contributed by atoms with Gasteiger partial charge in [-0.25, -0.2) is 4.98 Å². The summed E-state index contributed by atoms with van der Waals surface area (Å²) in [7, 11) is 0. The Bertz CT molecular complexity index is 519. The Morgan fingerprint density at radius 1 is 1.44 bits per heavy atom. The fraction of sp³-hybridized carbons (Fsp3) is 0.250. The van der Waals surface area contributed by atoms with Crippen LogP contribution in [0.1, 0.15) is 11.3 Å². The zero-order chi connectivity index (χ0) is 11.0. The highest BCUT2D eigenvalue weighted by molar-refractivity contribution is 7.13. The number of anilines is 3. The van der Waals surface area contributed by atoms with Crippen LogP contribution < -0.4 is 10.6 Å². The van der Waals surface area contributed by atoms with Gasteiger partial charge in [-0.2, -0.15) is 0 Å². The number of hydrogen-bond acceptors (Lipinski definition) is 4. The Labute approximate surface area is 98.5 Å². The summed E-state index contributed by atoms with van der Waals surface area (Å²) in [6, 6.07) is 6.44. The lowest BCUT2D eigenvalue weighted by Gasteiger charge is -2.05. The average Bonchev–Trinajstić information content (AvgIpc) is 2.87. The van der Waals surface area contributed by atoms with Crippen molar-refractivity contribution < 1.29 is 0 Å². The maximum absolute atomic E-state index is 4.39. The molecule has 2 N–H and O–H groups in total. The lowest BCUT2D eigenvalue weighted by molar-refractivity contribution is 1.11. The predicted octanol–water partition coefficient (Wildman–Crippen LogP) is 3.16. The third kappa shape index (κ3) is 1.76. The fourth-order valence-electron chi connectivity index (χ4n) is 1.90. The van der Waals surface area contributed by atoms with Crippen molar-refractivity contribution in [1.82, 2.24) is 4.98 Å². The number of rotatable bonds is 2. The van der Waals surface area contributed by atoms with Crippen LogP contribution in [0.25, 0.3) is 0 Å². The van der Waals surface area contributed by atoms with Crippen molar-refractivity contribution in [3.63, 3.8) is 0 Å². The van der Waals surface area contributed by atoms with Crippen molar-refractivity contribution in [3.8, 4) is 0 Å². The van der Waals surface area contributed by atoms with Gasteiger partial charge in [0.1, 0.15) is 0 Å². The van der Waals surface area contributed by atoms with Crippen molar-refractivity contribution in [3.05, 3.63) is 34.8 Å². The molecule has 0 bridgehead atoms. The molecule has 2 heterocycles. The summed E-state index contributed by atoms with van der Waals surface area (Å²) < 4.78 is 0. The minimum atomic E-state index is 0.954. The molecule has 0 spiro atoms. The largest absolute Gasteiger partial charge is 0.384 e. The summed E-state index contributed by atoms with van der Waals surface area (Å²) in [6.45, 7) is 3.06. The molecule has 0 aliphatic carbocycles. The highest BCUT2D eigenvalue weighted by atomic mass is 32.1. The number of thiazole rings is 1. The molecule has 82 valence electrons. The lowest BCUT2D eigenvalue weighted by Crippen LogP contribution is -1.93. The zero-order valence-corrected chi connectivity index (χ0v) is 9.90. The summed E-state index contributed by atoms with van der Waals surface area (Å²) in [5, 5.41) is 9.70. The first-order valence-electron chi connectivity index (χ1n) is 5.37. The van der Waals surface area contributed by atoms with Gasteiger partial charge in [0.2, 0.25) is 0 Å². The molecule has 1 aromatic carbocycles. The van der Waals surface area contributed by atoms with Crippen molar-refractivity contribution in [2.24, 2.45) is 0 Å². The molecule has 16 heavy (non-hydrogen) atoms. The second-order valence-electron chi connectivity index (χ2n) is 3.97. The Balaban J connectivity index is 1.85. The highest BCUT2D eigenvalue weighted by Gasteiger charge is 2.10. The summed E-state index contributed by atoms with van der Waals surface area (Å²) in [5.41, 5.74) is 4.81. The van der Waals surface area contributed by atoms with Crippen molar-refractivity contribution >= 4 is 27.8 Å². The van der Waals surface area contributed by atoms with Crippen LogP contribution in [-0.2, 0) is 6.42 Å². The van der Waals surface area contributed by atoms with Gasteiger partial charge >= 0.3 is 0 Å². The number of aryl methyl sites for hydroxylation is 1. The van der Waals surface area contributed by atoms with Crippen LogP contribution in [0.2, 0.25) is 0 Å². The highest BCUT2D eigenvalue weighted by Crippen LogP contribution is 2.28. The van der Waals surface area contributed by atoms with E-state index in [1.165, 1.54) is 11.3 Å². The summed E-state index contributed by atoms with van der Waals surface area (Å²) in [4.78, 5) is 4.39. The molecular weight excluding hydrogens is 218 g/mol. The number of hydrogen-bond donors (Lipinski definition) is 2. The topological polar surface area (TPSA) is 37.0 Å². The molecule has 3 nitrogen and oxygen atoms in total. The maximum Gasteiger partial charge on any atom is 0.187 e. The van der Waals surface area contributed by atoms with E-state index < -0.39 is 0 Å². The average molecular weight is 231 g/mol. The van der Waals surface area contributed by atoms with Crippen LogP contribution in [-0.4, -0.2) is 11.5 Å². The Kier molecular flexibility index (Phi) is 2.29. The van der Waals surface area contributed by atoms with Gasteiger partial charge in [0.15, 0.2) is 5.13 Å². The molecule has 1 aliphatic rings. The molecule has 0 saturated carbocycles. The molecule has 0 atom stereocenters. The van der Waals surface area contributed by atoms with Crippen LogP contribution in [0.15, 0.2) is 23.6 Å². The Morgan fingerprint density at radius 3 is 3.19 bits per heavy atom. The SMILES string of the molecule is Cc1csc(Nc2ccc3c(c2)NCC3)n1. The lowest BCUT2D eigenvalue weighted by atomic mass is 10.1. The van der Waals surface area contributed by atoms with Gasteiger partial charge in [-0.15, -0.1) is 11.3 Å². The summed E-state index contributed by atoms with van der Waals surface area (Å²) >= 11 is 1.64. The first-order chi connectivity index (χ1) is 7.81. The summed E-state index contributed by atoms with van der Waals surface area (Å²) in [6.07, 6.45) is 1.13. The third-order valence-electron chi connectivity index (χ3n) is 2.69. The molecule has 3 rings (SSSR count). The van der Waals surface area contributed by atoms with Crippen LogP contribution >= 0.6 is 11.3 Å². The van der Waals surface area contributed by atoms with Gasteiger partial charge in [-0.1, -0.05) is 6.07 Å².